The quantitative estimate of drug-likeness (QED) is 0.729. The molecule has 0 aliphatic rings. The third-order valence-corrected chi connectivity index (χ3v) is 4.50. The molecule has 0 aliphatic heterocycles. The lowest BCUT2D eigenvalue weighted by molar-refractivity contribution is 0.170. The van der Waals surface area contributed by atoms with Gasteiger partial charge in [-0.2, -0.15) is 0 Å². The molecule has 0 saturated heterocycles. The van der Waals surface area contributed by atoms with Crippen LogP contribution in [0.25, 0.3) is 0 Å². The van der Waals surface area contributed by atoms with Gasteiger partial charge in [-0.1, -0.05) is 44.2 Å². The lowest BCUT2D eigenvalue weighted by Crippen LogP contribution is -2.40. The largest absolute Gasteiger partial charge is 0.391 e. The van der Waals surface area contributed by atoms with Crippen LogP contribution in [0.15, 0.2) is 35.7 Å². The predicted octanol–water partition coefficient (Wildman–Crippen LogP) is 2.67. The number of carbonyl (C=O) groups is 1. The molecule has 2 rings (SSSR count). The summed E-state index contributed by atoms with van der Waals surface area (Å²) in [5.41, 5.74) is 1.91. The van der Waals surface area contributed by atoms with Gasteiger partial charge < -0.3 is 15.7 Å². The van der Waals surface area contributed by atoms with Gasteiger partial charge in [0.2, 0.25) is 0 Å². The number of nitrogens with one attached hydrogen (secondary N) is 2. The molecular weight excluding hydrogens is 310 g/mol. The molecule has 3 N–H and O–H groups in total. The average Bonchev–Trinajstić information content (AvgIpc) is 3.01. The van der Waals surface area contributed by atoms with Crippen LogP contribution >= 0.6 is 11.3 Å². The number of benzene rings is 1. The summed E-state index contributed by atoms with van der Waals surface area (Å²) in [7, 11) is 0. The first-order valence-electron chi connectivity index (χ1n) is 7.72. The Morgan fingerprint density at radius 1 is 1.26 bits per heavy atom. The zero-order chi connectivity index (χ0) is 16.7. The van der Waals surface area contributed by atoms with E-state index in [0.717, 1.165) is 16.3 Å². The third-order valence-electron chi connectivity index (χ3n) is 3.31. The van der Waals surface area contributed by atoms with Gasteiger partial charge in [-0.15, -0.1) is 11.3 Å². The Morgan fingerprint density at radius 3 is 2.65 bits per heavy atom. The minimum absolute atomic E-state index is 0.217. The summed E-state index contributed by atoms with van der Waals surface area (Å²) in [5, 5.41) is 18.4. The summed E-state index contributed by atoms with van der Waals surface area (Å²) in [6, 6.07) is 9.42. The molecule has 0 radical (unpaired) electrons. The smallest absolute Gasteiger partial charge is 0.315 e. The summed E-state index contributed by atoms with van der Waals surface area (Å²) in [6.07, 6.45) is -0.0831. The molecule has 1 unspecified atom stereocenters. The second kappa shape index (κ2) is 8.64. The Morgan fingerprint density at radius 2 is 2.00 bits per heavy atom. The molecule has 0 fully saturated rings. The molecule has 0 aliphatic carbocycles. The zero-order valence-corrected chi connectivity index (χ0v) is 14.3. The van der Waals surface area contributed by atoms with Crippen molar-refractivity contribution in [1.82, 2.24) is 15.6 Å². The van der Waals surface area contributed by atoms with Crippen molar-refractivity contribution in [2.45, 2.75) is 38.8 Å². The molecular formula is C17H23N3O2S. The van der Waals surface area contributed by atoms with Gasteiger partial charge in [-0.3, -0.25) is 0 Å². The molecule has 0 saturated carbocycles. The van der Waals surface area contributed by atoms with Crippen molar-refractivity contribution in [1.29, 1.82) is 0 Å². The third kappa shape index (κ3) is 6.00. The standard InChI is InChI=1S/C17H23N3O2S/c1-12(2)16-20-14(11-23-16)9-18-17(22)19-10-15(21)8-13-6-4-3-5-7-13/h3-7,11-12,15,21H,8-10H2,1-2H3,(H2,18,19,22). The Labute approximate surface area is 140 Å². The predicted molar refractivity (Wildman–Crippen MR) is 92.6 cm³/mol. The Kier molecular flexibility index (Phi) is 6.55. The van der Waals surface area contributed by atoms with Gasteiger partial charge in [0.1, 0.15) is 0 Å². The molecule has 6 heteroatoms. The molecule has 1 atom stereocenters. The number of carbonyl (C=O) groups excluding carboxylic acids is 1. The van der Waals surface area contributed by atoms with Crippen LogP contribution in [0.4, 0.5) is 4.79 Å². The van der Waals surface area contributed by atoms with E-state index in [1.165, 1.54) is 0 Å². The molecule has 2 aromatic rings. The van der Waals surface area contributed by atoms with Crippen molar-refractivity contribution in [3.05, 3.63) is 52.0 Å². The van der Waals surface area contributed by atoms with Crippen molar-refractivity contribution in [2.75, 3.05) is 6.54 Å². The number of hydrogen-bond acceptors (Lipinski definition) is 4. The first-order valence-corrected chi connectivity index (χ1v) is 8.60. The van der Waals surface area contributed by atoms with Crippen LogP contribution in [0.5, 0.6) is 0 Å². The number of rotatable bonds is 7. The molecule has 1 aromatic heterocycles. The van der Waals surface area contributed by atoms with Gasteiger partial charge >= 0.3 is 6.03 Å². The monoisotopic (exact) mass is 333 g/mol. The number of nitrogens with zero attached hydrogens (tertiary/aromatic N) is 1. The maximum Gasteiger partial charge on any atom is 0.315 e. The molecule has 124 valence electrons. The minimum atomic E-state index is -0.602. The van der Waals surface area contributed by atoms with E-state index >= 15 is 0 Å². The van der Waals surface area contributed by atoms with Crippen molar-refractivity contribution in [2.24, 2.45) is 0 Å². The molecule has 2 amide bonds. The highest BCUT2D eigenvalue weighted by Crippen LogP contribution is 2.18. The highest BCUT2D eigenvalue weighted by molar-refractivity contribution is 7.09. The van der Waals surface area contributed by atoms with E-state index in [-0.39, 0.29) is 12.6 Å². The van der Waals surface area contributed by atoms with Gasteiger partial charge in [0.05, 0.1) is 23.4 Å². The van der Waals surface area contributed by atoms with Crippen LogP contribution in [-0.2, 0) is 13.0 Å². The summed E-state index contributed by atoms with van der Waals surface area (Å²) < 4.78 is 0. The fourth-order valence-corrected chi connectivity index (χ4v) is 2.91. The molecule has 1 heterocycles. The van der Waals surface area contributed by atoms with E-state index in [9.17, 15) is 9.90 Å². The lowest BCUT2D eigenvalue weighted by Gasteiger charge is -2.12. The van der Waals surface area contributed by atoms with Crippen LogP contribution in [0.3, 0.4) is 0 Å². The van der Waals surface area contributed by atoms with Crippen LogP contribution < -0.4 is 10.6 Å². The average molecular weight is 333 g/mol. The summed E-state index contributed by atoms with van der Waals surface area (Å²) in [6.45, 7) is 4.80. The van der Waals surface area contributed by atoms with Crippen molar-refractivity contribution >= 4 is 17.4 Å². The van der Waals surface area contributed by atoms with Gasteiger partial charge in [0, 0.05) is 24.3 Å². The molecule has 23 heavy (non-hydrogen) atoms. The molecule has 0 spiro atoms. The van der Waals surface area contributed by atoms with Crippen LogP contribution in [-0.4, -0.2) is 28.8 Å². The summed E-state index contributed by atoms with van der Waals surface area (Å²) in [5.74, 6) is 0.399. The van der Waals surface area contributed by atoms with Crippen LogP contribution in [0, 0.1) is 0 Å². The fraction of sp³-hybridized carbons (Fsp3) is 0.412. The SMILES string of the molecule is CC(C)c1nc(CNC(=O)NCC(O)Cc2ccccc2)cs1. The first-order chi connectivity index (χ1) is 11.0. The number of amides is 2. The van der Waals surface area contributed by atoms with E-state index < -0.39 is 6.10 Å². The number of aromatic nitrogens is 1. The van der Waals surface area contributed by atoms with Gasteiger partial charge in [-0.05, 0) is 5.56 Å². The lowest BCUT2D eigenvalue weighted by atomic mass is 10.1. The maximum atomic E-state index is 11.8. The summed E-state index contributed by atoms with van der Waals surface area (Å²) >= 11 is 1.61. The number of urea groups is 1. The molecule has 5 nitrogen and oxygen atoms in total. The highest BCUT2D eigenvalue weighted by atomic mass is 32.1. The topological polar surface area (TPSA) is 74.2 Å². The second-order valence-electron chi connectivity index (χ2n) is 5.74. The van der Waals surface area contributed by atoms with Crippen molar-refractivity contribution in [3.63, 3.8) is 0 Å². The Balaban J connectivity index is 1.68. The maximum absolute atomic E-state index is 11.8. The number of hydrogen-bond donors (Lipinski definition) is 3. The highest BCUT2D eigenvalue weighted by Gasteiger charge is 2.09. The molecule has 0 bridgehead atoms. The van der Waals surface area contributed by atoms with Gasteiger partial charge in [0.15, 0.2) is 0 Å². The van der Waals surface area contributed by atoms with E-state index in [4.69, 9.17) is 0 Å². The second-order valence-corrected chi connectivity index (χ2v) is 6.63. The van der Waals surface area contributed by atoms with E-state index in [1.807, 2.05) is 35.7 Å². The van der Waals surface area contributed by atoms with Crippen molar-refractivity contribution < 1.29 is 9.90 Å². The fourth-order valence-electron chi connectivity index (χ4n) is 2.07. The normalized spacial score (nSPS) is 12.2. The van der Waals surface area contributed by atoms with Crippen molar-refractivity contribution in [3.8, 4) is 0 Å². The van der Waals surface area contributed by atoms with E-state index in [2.05, 4.69) is 29.5 Å². The van der Waals surface area contributed by atoms with Crippen LogP contribution in [0.2, 0.25) is 0 Å². The van der Waals surface area contributed by atoms with Gasteiger partial charge in [-0.25, -0.2) is 9.78 Å². The number of aliphatic hydroxyl groups is 1. The number of aliphatic hydroxyl groups excluding tert-OH is 1. The summed E-state index contributed by atoms with van der Waals surface area (Å²) in [4.78, 5) is 16.2. The molecule has 1 aromatic carbocycles. The Hall–Kier alpha value is -1.92. The van der Waals surface area contributed by atoms with E-state index in [0.29, 0.717) is 18.9 Å². The van der Waals surface area contributed by atoms with E-state index in [1.54, 1.807) is 11.3 Å². The first kappa shape index (κ1) is 17.4. The van der Waals surface area contributed by atoms with Crippen LogP contribution in [0.1, 0.15) is 36.0 Å². The zero-order valence-electron chi connectivity index (χ0n) is 13.5. The van der Waals surface area contributed by atoms with Gasteiger partial charge in [0.25, 0.3) is 0 Å². The number of thiazole rings is 1. The minimum Gasteiger partial charge on any atom is -0.391 e. The Bertz CT molecular complexity index is 613.